The zero-order valence-corrected chi connectivity index (χ0v) is 16.9. The van der Waals surface area contributed by atoms with Gasteiger partial charge in [-0.2, -0.15) is 0 Å². The summed E-state index contributed by atoms with van der Waals surface area (Å²) in [6, 6.07) is 6.25. The van der Waals surface area contributed by atoms with Gasteiger partial charge in [-0.25, -0.2) is 0 Å². The van der Waals surface area contributed by atoms with E-state index in [2.05, 4.69) is 42.5 Å². The maximum atomic E-state index is 5.56. The molecule has 0 aromatic heterocycles. The maximum absolute atomic E-state index is 5.56. The number of rotatable bonds is 12. The van der Waals surface area contributed by atoms with Crippen molar-refractivity contribution in [2.45, 2.75) is 39.7 Å². The van der Waals surface area contributed by atoms with E-state index in [1.54, 1.807) is 14.2 Å². The number of ether oxygens (including phenoxy) is 3. The minimum atomic E-state index is 0.0731. The highest BCUT2D eigenvalue weighted by atomic mass is 16.5. The Kier molecular flexibility index (Phi) is 11.5. The number of nitrogens with zero attached hydrogens (tertiary/aromatic N) is 1. The van der Waals surface area contributed by atoms with Crippen molar-refractivity contribution in [1.82, 2.24) is 10.6 Å². The van der Waals surface area contributed by atoms with Crippen LogP contribution in [-0.2, 0) is 9.47 Å². The van der Waals surface area contributed by atoms with E-state index < -0.39 is 0 Å². The molecule has 0 aliphatic heterocycles. The number of methoxy groups -OCH3 is 1. The van der Waals surface area contributed by atoms with Crippen LogP contribution in [0.4, 0.5) is 0 Å². The van der Waals surface area contributed by atoms with Gasteiger partial charge in [0, 0.05) is 25.8 Å². The first-order chi connectivity index (χ1) is 12.6. The second-order valence-corrected chi connectivity index (χ2v) is 6.19. The number of unbranched alkanes of at least 4 members (excludes halogenated alkanes) is 1. The van der Waals surface area contributed by atoms with Crippen molar-refractivity contribution in [3.63, 3.8) is 0 Å². The molecule has 0 fully saturated rings. The molecule has 6 nitrogen and oxygen atoms in total. The Balaban J connectivity index is 2.31. The summed E-state index contributed by atoms with van der Waals surface area (Å²) in [4.78, 5) is 4.27. The third-order valence-electron chi connectivity index (χ3n) is 3.98. The van der Waals surface area contributed by atoms with E-state index >= 15 is 0 Å². The van der Waals surface area contributed by atoms with E-state index in [0.717, 1.165) is 36.7 Å². The lowest BCUT2D eigenvalue weighted by atomic mass is 10.0. The van der Waals surface area contributed by atoms with Gasteiger partial charge in [-0.05, 0) is 26.3 Å². The molecule has 6 heteroatoms. The lowest BCUT2D eigenvalue weighted by Crippen LogP contribution is -2.40. The molecule has 0 radical (unpaired) electrons. The smallest absolute Gasteiger partial charge is 0.191 e. The van der Waals surface area contributed by atoms with Gasteiger partial charge >= 0.3 is 0 Å². The largest absolute Gasteiger partial charge is 0.496 e. The van der Waals surface area contributed by atoms with Crippen molar-refractivity contribution in [2.75, 3.05) is 47.1 Å². The standard InChI is InChI=1S/C20H35N3O3/c1-6-7-11-25-13-14-26-12-10-22-20(21-4)23-17(3)18-15-16(2)8-9-19(18)24-5/h8-9,15,17H,6-7,10-14H2,1-5H3,(H2,21,22,23). The van der Waals surface area contributed by atoms with Gasteiger partial charge in [0.2, 0.25) is 0 Å². The van der Waals surface area contributed by atoms with E-state index in [1.807, 2.05) is 12.1 Å². The molecule has 0 saturated heterocycles. The average molecular weight is 366 g/mol. The fraction of sp³-hybridized carbons (Fsp3) is 0.650. The van der Waals surface area contributed by atoms with Crippen LogP contribution in [-0.4, -0.2) is 53.1 Å². The van der Waals surface area contributed by atoms with Gasteiger partial charge in [0.05, 0.1) is 33.0 Å². The minimum Gasteiger partial charge on any atom is -0.496 e. The first-order valence-electron chi connectivity index (χ1n) is 9.39. The molecule has 0 spiro atoms. The second-order valence-electron chi connectivity index (χ2n) is 6.19. The normalized spacial score (nSPS) is 12.7. The predicted molar refractivity (Wildman–Crippen MR) is 107 cm³/mol. The van der Waals surface area contributed by atoms with Crippen LogP contribution in [0, 0.1) is 6.92 Å². The zero-order valence-electron chi connectivity index (χ0n) is 16.9. The SMILES string of the molecule is CCCCOCCOCCNC(=NC)NC(C)c1cc(C)ccc1OC. The molecule has 1 aromatic rings. The Morgan fingerprint density at radius 1 is 1.15 bits per heavy atom. The van der Waals surface area contributed by atoms with Crippen LogP contribution in [0.15, 0.2) is 23.2 Å². The maximum Gasteiger partial charge on any atom is 0.191 e. The number of hydrogen-bond donors (Lipinski definition) is 2. The molecule has 0 bridgehead atoms. The van der Waals surface area contributed by atoms with Gasteiger partial charge in [-0.15, -0.1) is 0 Å². The van der Waals surface area contributed by atoms with Crippen LogP contribution in [0.25, 0.3) is 0 Å². The van der Waals surface area contributed by atoms with Crippen LogP contribution in [0.3, 0.4) is 0 Å². The molecule has 0 aliphatic rings. The fourth-order valence-electron chi connectivity index (χ4n) is 2.48. The molecule has 0 heterocycles. The Hall–Kier alpha value is -1.79. The summed E-state index contributed by atoms with van der Waals surface area (Å²) in [6.07, 6.45) is 2.26. The summed E-state index contributed by atoms with van der Waals surface area (Å²) in [5.74, 6) is 1.61. The van der Waals surface area contributed by atoms with E-state index in [1.165, 1.54) is 5.56 Å². The quantitative estimate of drug-likeness (QED) is 0.339. The molecule has 1 unspecified atom stereocenters. The summed E-state index contributed by atoms with van der Waals surface area (Å²) in [5.41, 5.74) is 2.31. The summed E-state index contributed by atoms with van der Waals surface area (Å²) in [7, 11) is 3.45. The molecule has 0 saturated carbocycles. The van der Waals surface area contributed by atoms with Crippen molar-refractivity contribution in [2.24, 2.45) is 4.99 Å². The molecular formula is C20H35N3O3. The summed E-state index contributed by atoms with van der Waals surface area (Å²) in [5, 5.41) is 6.65. The Labute approximate surface area is 158 Å². The third kappa shape index (κ3) is 8.54. The molecule has 148 valence electrons. The van der Waals surface area contributed by atoms with Crippen molar-refractivity contribution < 1.29 is 14.2 Å². The molecule has 26 heavy (non-hydrogen) atoms. The summed E-state index contributed by atoms with van der Waals surface area (Å²) in [6.45, 7) is 9.70. The van der Waals surface area contributed by atoms with Gasteiger partial charge in [-0.3, -0.25) is 4.99 Å². The van der Waals surface area contributed by atoms with E-state index in [-0.39, 0.29) is 6.04 Å². The number of nitrogens with one attached hydrogen (secondary N) is 2. The van der Waals surface area contributed by atoms with Crippen molar-refractivity contribution in [3.05, 3.63) is 29.3 Å². The van der Waals surface area contributed by atoms with Crippen molar-refractivity contribution in [1.29, 1.82) is 0 Å². The Morgan fingerprint density at radius 3 is 2.54 bits per heavy atom. The number of aryl methyl sites for hydroxylation is 1. The second kappa shape index (κ2) is 13.4. The van der Waals surface area contributed by atoms with Crippen molar-refractivity contribution in [3.8, 4) is 5.75 Å². The molecule has 1 aromatic carbocycles. The number of hydrogen-bond acceptors (Lipinski definition) is 4. The van der Waals surface area contributed by atoms with E-state index in [4.69, 9.17) is 14.2 Å². The number of aliphatic imine (C=N–C) groups is 1. The average Bonchev–Trinajstić information content (AvgIpc) is 2.65. The van der Waals surface area contributed by atoms with Crippen LogP contribution in [0.5, 0.6) is 5.75 Å². The highest BCUT2D eigenvalue weighted by Crippen LogP contribution is 2.25. The highest BCUT2D eigenvalue weighted by molar-refractivity contribution is 5.80. The summed E-state index contributed by atoms with van der Waals surface area (Å²) >= 11 is 0. The van der Waals surface area contributed by atoms with Gasteiger partial charge in [0.1, 0.15) is 5.75 Å². The minimum absolute atomic E-state index is 0.0731. The first-order valence-corrected chi connectivity index (χ1v) is 9.39. The number of benzene rings is 1. The summed E-state index contributed by atoms with van der Waals surface area (Å²) < 4.78 is 16.5. The van der Waals surface area contributed by atoms with E-state index in [0.29, 0.717) is 26.4 Å². The zero-order chi connectivity index (χ0) is 19.2. The molecule has 1 rings (SSSR count). The Morgan fingerprint density at radius 2 is 1.88 bits per heavy atom. The Bertz CT molecular complexity index is 535. The monoisotopic (exact) mass is 365 g/mol. The third-order valence-corrected chi connectivity index (χ3v) is 3.98. The van der Waals surface area contributed by atoms with Gasteiger partial charge in [0.15, 0.2) is 5.96 Å². The molecule has 0 aliphatic carbocycles. The van der Waals surface area contributed by atoms with Crippen LogP contribution in [0.1, 0.15) is 43.9 Å². The molecule has 0 amide bonds. The lowest BCUT2D eigenvalue weighted by Gasteiger charge is -2.20. The van der Waals surface area contributed by atoms with Gasteiger partial charge < -0.3 is 24.8 Å². The number of guanidine groups is 1. The molecule has 2 N–H and O–H groups in total. The first kappa shape index (κ1) is 22.3. The van der Waals surface area contributed by atoms with E-state index in [9.17, 15) is 0 Å². The predicted octanol–water partition coefficient (Wildman–Crippen LogP) is 3.06. The van der Waals surface area contributed by atoms with Crippen LogP contribution < -0.4 is 15.4 Å². The molecule has 1 atom stereocenters. The molecular weight excluding hydrogens is 330 g/mol. The lowest BCUT2D eigenvalue weighted by molar-refractivity contribution is 0.0487. The topological polar surface area (TPSA) is 64.1 Å². The highest BCUT2D eigenvalue weighted by Gasteiger charge is 2.13. The van der Waals surface area contributed by atoms with Crippen LogP contribution in [0.2, 0.25) is 0 Å². The fourth-order valence-corrected chi connectivity index (χ4v) is 2.48. The van der Waals surface area contributed by atoms with Gasteiger partial charge in [-0.1, -0.05) is 31.0 Å². The van der Waals surface area contributed by atoms with Crippen molar-refractivity contribution >= 4 is 5.96 Å². The van der Waals surface area contributed by atoms with Crippen LogP contribution >= 0.6 is 0 Å². The van der Waals surface area contributed by atoms with Gasteiger partial charge in [0.25, 0.3) is 0 Å².